The van der Waals surface area contributed by atoms with E-state index in [4.69, 9.17) is 4.74 Å². The van der Waals surface area contributed by atoms with Gasteiger partial charge in [0.25, 0.3) is 0 Å². The first-order valence-electron chi connectivity index (χ1n) is 10.6. The molecular formula is C26H23NO4. The summed E-state index contributed by atoms with van der Waals surface area (Å²) in [4.78, 5) is 40.7. The molecule has 2 fully saturated rings. The second-order valence-electron chi connectivity index (χ2n) is 8.18. The van der Waals surface area contributed by atoms with Crippen molar-refractivity contribution in [3.05, 3.63) is 83.4 Å². The van der Waals surface area contributed by atoms with E-state index in [1.165, 1.54) is 10.5 Å². The third-order valence-electron chi connectivity index (χ3n) is 6.70. The van der Waals surface area contributed by atoms with Crippen LogP contribution in [0, 0.1) is 23.7 Å². The first-order chi connectivity index (χ1) is 15.0. The molecule has 0 aromatic heterocycles. The molecule has 5 nitrogen and oxygen atoms in total. The molecule has 0 N–H and O–H groups in total. The first-order valence-corrected chi connectivity index (χ1v) is 10.6. The summed E-state index contributed by atoms with van der Waals surface area (Å²) in [6, 6.07) is 16.8. The minimum Gasteiger partial charge on any atom is -0.462 e. The van der Waals surface area contributed by atoms with Crippen molar-refractivity contribution in [3.63, 3.8) is 0 Å². The zero-order valence-corrected chi connectivity index (χ0v) is 17.4. The topological polar surface area (TPSA) is 63.7 Å². The van der Waals surface area contributed by atoms with Crippen LogP contribution < -0.4 is 4.90 Å². The number of rotatable bonds is 4. The van der Waals surface area contributed by atoms with Gasteiger partial charge in [-0.2, -0.15) is 0 Å². The minimum atomic E-state index is -0.530. The van der Waals surface area contributed by atoms with Gasteiger partial charge >= 0.3 is 5.97 Å². The van der Waals surface area contributed by atoms with Gasteiger partial charge in [-0.1, -0.05) is 60.2 Å². The molecule has 1 aliphatic heterocycles. The van der Waals surface area contributed by atoms with E-state index in [2.05, 4.69) is 31.2 Å². The smallest absolute Gasteiger partial charge is 0.340 e. The molecule has 2 aromatic rings. The third-order valence-corrected chi connectivity index (χ3v) is 6.70. The van der Waals surface area contributed by atoms with Crippen LogP contribution in [-0.2, 0) is 14.3 Å². The van der Waals surface area contributed by atoms with Crippen molar-refractivity contribution in [2.45, 2.75) is 13.8 Å². The molecule has 4 atom stereocenters. The summed E-state index contributed by atoms with van der Waals surface area (Å²) < 4.78 is 5.14. The Hall–Kier alpha value is -3.47. The molecule has 0 radical (unpaired) electrons. The van der Waals surface area contributed by atoms with E-state index in [0.717, 1.165) is 11.1 Å². The highest BCUT2D eigenvalue weighted by Crippen LogP contribution is 2.58. The highest BCUT2D eigenvalue weighted by Gasteiger charge is 2.62. The molecular weight excluding hydrogens is 390 g/mol. The van der Waals surface area contributed by atoms with Crippen LogP contribution in [0.5, 0.6) is 0 Å². The minimum absolute atomic E-state index is 0.0913. The van der Waals surface area contributed by atoms with Crippen LogP contribution in [0.3, 0.4) is 0 Å². The Morgan fingerprint density at radius 3 is 2.10 bits per heavy atom. The second-order valence-corrected chi connectivity index (χ2v) is 8.18. The normalized spacial score (nSPS) is 25.9. The Morgan fingerprint density at radius 1 is 0.903 bits per heavy atom. The molecule has 31 heavy (non-hydrogen) atoms. The maximum atomic E-state index is 13.5. The number of amides is 2. The largest absolute Gasteiger partial charge is 0.462 e. The summed E-state index contributed by atoms with van der Waals surface area (Å²) in [5.41, 5.74) is 3.97. The lowest BCUT2D eigenvalue weighted by atomic mass is 9.85. The highest BCUT2D eigenvalue weighted by molar-refractivity contribution is 6.25. The van der Waals surface area contributed by atoms with Gasteiger partial charge in [0.05, 0.1) is 29.7 Å². The van der Waals surface area contributed by atoms with E-state index in [9.17, 15) is 14.4 Å². The number of esters is 1. The Bertz CT molecular complexity index is 1110. The number of nitrogens with zero attached hydrogens (tertiary/aromatic N) is 1. The summed E-state index contributed by atoms with van der Waals surface area (Å²) in [6.45, 7) is 4.02. The molecule has 5 heteroatoms. The Labute approximate surface area is 181 Å². The van der Waals surface area contributed by atoms with Gasteiger partial charge in [-0.15, -0.1) is 0 Å². The van der Waals surface area contributed by atoms with Gasteiger partial charge in [0.15, 0.2) is 0 Å². The van der Waals surface area contributed by atoms with Gasteiger partial charge in [-0.25, -0.2) is 9.69 Å². The molecule has 156 valence electrons. The lowest BCUT2D eigenvalue weighted by molar-refractivity contribution is -0.122. The molecule has 1 heterocycles. The number of hydrogen-bond acceptors (Lipinski definition) is 4. The van der Waals surface area contributed by atoms with Crippen molar-refractivity contribution in [2.75, 3.05) is 11.5 Å². The van der Waals surface area contributed by atoms with Gasteiger partial charge in [0.1, 0.15) is 0 Å². The molecule has 2 amide bonds. The van der Waals surface area contributed by atoms with Crippen LogP contribution in [0.4, 0.5) is 5.69 Å². The SMILES string of the molecule is CCOC(=O)c1ccccc1N1C(=O)[C@@H]2[C@@H](C1=O)[C@H]1C=C[C@H]2C1=C(C)c1ccccc1. The lowest BCUT2D eigenvalue weighted by Crippen LogP contribution is -2.34. The van der Waals surface area contributed by atoms with Crippen molar-refractivity contribution < 1.29 is 19.1 Å². The predicted molar refractivity (Wildman–Crippen MR) is 117 cm³/mol. The van der Waals surface area contributed by atoms with Gasteiger partial charge in [-0.05, 0) is 37.1 Å². The predicted octanol–water partition coefficient (Wildman–Crippen LogP) is 4.26. The van der Waals surface area contributed by atoms with Gasteiger partial charge in [0.2, 0.25) is 11.8 Å². The van der Waals surface area contributed by atoms with Gasteiger partial charge < -0.3 is 4.74 Å². The number of para-hydroxylation sites is 1. The van der Waals surface area contributed by atoms with Crippen molar-refractivity contribution >= 4 is 29.0 Å². The zero-order valence-electron chi connectivity index (χ0n) is 17.4. The number of imide groups is 1. The third kappa shape index (κ3) is 2.80. The van der Waals surface area contributed by atoms with Crippen LogP contribution in [0.2, 0.25) is 0 Å². The number of carbonyl (C=O) groups is 3. The Kier molecular flexibility index (Phi) is 4.62. The summed E-state index contributed by atoms with van der Waals surface area (Å²) >= 11 is 0. The number of allylic oxidation sites excluding steroid dienone is 4. The zero-order chi connectivity index (χ0) is 21.7. The number of benzene rings is 2. The number of hydrogen-bond donors (Lipinski definition) is 0. The molecule has 5 rings (SSSR count). The molecule has 1 saturated heterocycles. The van der Waals surface area contributed by atoms with Crippen molar-refractivity contribution in [3.8, 4) is 0 Å². The fraction of sp³-hybridized carbons (Fsp3) is 0.269. The van der Waals surface area contributed by atoms with Crippen molar-refractivity contribution in [1.29, 1.82) is 0 Å². The monoisotopic (exact) mass is 413 g/mol. The van der Waals surface area contributed by atoms with Crippen LogP contribution in [-0.4, -0.2) is 24.4 Å². The van der Waals surface area contributed by atoms with Crippen LogP contribution in [0.1, 0.15) is 29.8 Å². The summed E-state index contributed by atoms with van der Waals surface area (Å²) in [5, 5.41) is 0. The molecule has 1 saturated carbocycles. The number of fused-ring (bicyclic) bond motifs is 5. The number of ether oxygens (including phenoxy) is 1. The van der Waals surface area contributed by atoms with E-state index >= 15 is 0 Å². The molecule has 2 bridgehead atoms. The quantitative estimate of drug-likeness (QED) is 0.427. The highest BCUT2D eigenvalue weighted by atomic mass is 16.5. The van der Waals surface area contributed by atoms with Crippen LogP contribution in [0.15, 0.2) is 72.3 Å². The van der Waals surface area contributed by atoms with E-state index < -0.39 is 17.8 Å². The van der Waals surface area contributed by atoms with Crippen LogP contribution >= 0.6 is 0 Å². The van der Waals surface area contributed by atoms with Crippen LogP contribution in [0.25, 0.3) is 5.57 Å². The average molecular weight is 413 g/mol. The average Bonchev–Trinajstić information content (AvgIpc) is 3.43. The van der Waals surface area contributed by atoms with E-state index in [-0.39, 0.29) is 35.8 Å². The fourth-order valence-electron chi connectivity index (χ4n) is 5.41. The molecule has 0 spiro atoms. The van der Waals surface area contributed by atoms with Crippen molar-refractivity contribution in [2.24, 2.45) is 23.7 Å². The summed E-state index contributed by atoms with van der Waals surface area (Å²) in [7, 11) is 0. The maximum absolute atomic E-state index is 13.5. The molecule has 3 aliphatic rings. The Morgan fingerprint density at radius 2 is 1.48 bits per heavy atom. The lowest BCUT2D eigenvalue weighted by Gasteiger charge is -2.21. The van der Waals surface area contributed by atoms with E-state index in [1.54, 1.807) is 31.2 Å². The van der Waals surface area contributed by atoms with Crippen molar-refractivity contribution in [1.82, 2.24) is 0 Å². The number of anilines is 1. The van der Waals surface area contributed by atoms with E-state index in [0.29, 0.717) is 5.69 Å². The molecule has 2 aromatic carbocycles. The summed E-state index contributed by atoms with van der Waals surface area (Å²) in [5.74, 6) is -2.03. The fourth-order valence-corrected chi connectivity index (χ4v) is 5.41. The van der Waals surface area contributed by atoms with E-state index in [1.807, 2.05) is 18.2 Å². The maximum Gasteiger partial charge on any atom is 0.340 e. The first kappa shape index (κ1) is 19.5. The molecule has 2 aliphatic carbocycles. The van der Waals surface area contributed by atoms with Gasteiger partial charge in [-0.3, -0.25) is 9.59 Å². The standard InChI is InChI=1S/C26H23NO4/c1-3-31-26(30)17-11-7-8-12-20(17)27-24(28)22-18-13-14-19(23(22)25(27)29)21(18)15(2)16-9-5-4-6-10-16/h4-14,18-19,22-23H,3H2,1-2H3/t18-,19-,22-,23-/m0/s1. The number of carbonyl (C=O) groups excluding carboxylic acids is 3. The second kappa shape index (κ2) is 7.34. The summed E-state index contributed by atoms with van der Waals surface area (Å²) in [6.07, 6.45) is 4.14. The van der Waals surface area contributed by atoms with Gasteiger partial charge in [0, 0.05) is 11.8 Å². The molecule has 0 unspecified atom stereocenters. The Balaban J connectivity index is 1.54.